The number of nitrogens with zero attached hydrogens (tertiary/aromatic N) is 2. The van der Waals surface area contributed by atoms with Crippen LogP contribution in [0.5, 0.6) is 0 Å². The molecule has 0 N–H and O–H groups in total. The van der Waals surface area contributed by atoms with Gasteiger partial charge in [-0.15, -0.1) is 11.3 Å². The van der Waals surface area contributed by atoms with Gasteiger partial charge in [0.1, 0.15) is 0 Å². The first-order chi connectivity index (χ1) is 8.08. The van der Waals surface area contributed by atoms with Gasteiger partial charge in [-0.05, 0) is 38.1 Å². The van der Waals surface area contributed by atoms with E-state index < -0.39 is 0 Å². The highest BCUT2D eigenvalue weighted by Gasteiger charge is 2.09. The molecule has 17 heavy (non-hydrogen) atoms. The van der Waals surface area contributed by atoms with Crippen molar-refractivity contribution >= 4 is 23.2 Å². The molecule has 2 rings (SSSR count). The van der Waals surface area contributed by atoms with Crippen molar-refractivity contribution in [3.05, 3.63) is 45.4 Å². The van der Waals surface area contributed by atoms with E-state index in [9.17, 15) is 4.79 Å². The van der Waals surface area contributed by atoms with Crippen molar-refractivity contribution in [2.75, 3.05) is 0 Å². The summed E-state index contributed by atoms with van der Waals surface area (Å²) in [5.74, 6) is 0.00153. The van der Waals surface area contributed by atoms with E-state index in [-0.39, 0.29) is 5.78 Å². The number of rotatable bonds is 3. The van der Waals surface area contributed by atoms with Gasteiger partial charge in [-0.25, -0.2) is 0 Å². The van der Waals surface area contributed by atoms with Crippen LogP contribution in [0, 0.1) is 13.8 Å². The van der Waals surface area contributed by atoms with Gasteiger partial charge in [0, 0.05) is 22.5 Å². The van der Waals surface area contributed by atoms with Crippen molar-refractivity contribution in [3.63, 3.8) is 0 Å². The second-order valence-electron chi connectivity index (χ2n) is 3.91. The lowest BCUT2D eigenvalue weighted by Gasteiger charge is -1.95. The Hall–Kier alpha value is -1.68. The first-order valence-electron chi connectivity index (χ1n) is 5.35. The van der Waals surface area contributed by atoms with Crippen LogP contribution in [-0.2, 0) is 7.05 Å². The van der Waals surface area contributed by atoms with Crippen LogP contribution in [0.1, 0.15) is 25.8 Å². The summed E-state index contributed by atoms with van der Waals surface area (Å²) in [7, 11) is 1.83. The van der Waals surface area contributed by atoms with E-state index in [4.69, 9.17) is 0 Å². The zero-order valence-electron chi connectivity index (χ0n) is 10.1. The zero-order chi connectivity index (χ0) is 12.4. The fraction of sp³-hybridized carbons (Fsp3) is 0.231. The maximum absolute atomic E-state index is 11.9. The molecule has 0 saturated carbocycles. The third-order valence-electron chi connectivity index (χ3n) is 2.66. The largest absolute Gasteiger partial charge is 0.289 e. The van der Waals surface area contributed by atoms with E-state index in [1.165, 1.54) is 4.88 Å². The van der Waals surface area contributed by atoms with Gasteiger partial charge in [-0.3, -0.25) is 9.48 Å². The number of aryl methyl sites for hydroxylation is 2. The smallest absolute Gasteiger partial charge is 0.189 e. The fourth-order valence-corrected chi connectivity index (χ4v) is 2.31. The Morgan fingerprint density at radius 3 is 2.71 bits per heavy atom. The summed E-state index contributed by atoms with van der Waals surface area (Å²) in [5, 5.41) is 4.06. The molecule has 0 spiro atoms. The maximum Gasteiger partial charge on any atom is 0.189 e. The lowest BCUT2D eigenvalue weighted by molar-refractivity contribution is 0.104. The van der Waals surface area contributed by atoms with Crippen LogP contribution in [0.3, 0.4) is 0 Å². The Morgan fingerprint density at radius 2 is 2.18 bits per heavy atom. The number of hydrogen-bond acceptors (Lipinski definition) is 3. The number of thiophene rings is 1. The second kappa shape index (κ2) is 4.67. The highest BCUT2D eigenvalue weighted by molar-refractivity contribution is 7.12. The summed E-state index contributed by atoms with van der Waals surface area (Å²) in [5.41, 5.74) is 1.55. The average molecular weight is 246 g/mol. The van der Waals surface area contributed by atoms with Gasteiger partial charge >= 0.3 is 0 Å². The number of carbonyl (C=O) groups is 1. The van der Waals surface area contributed by atoms with Crippen molar-refractivity contribution in [1.82, 2.24) is 9.78 Å². The molecular weight excluding hydrogens is 232 g/mol. The molecule has 0 bridgehead atoms. The zero-order valence-corrected chi connectivity index (χ0v) is 10.9. The van der Waals surface area contributed by atoms with E-state index in [2.05, 4.69) is 12.0 Å². The van der Waals surface area contributed by atoms with Crippen molar-refractivity contribution in [1.29, 1.82) is 0 Å². The van der Waals surface area contributed by atoms with Crippen LogP contribution in [-0.4, -0.2) is 15.6 Å². The van der Waals surface area contributed by atoms with Crippen molar-refractivity contribution in [2.45, 2.75) is 13.8 Å². The van der Waals surface area contributed by atoms with E-state index in [1.807, 2.05) is 32.2 Å². The van der Waals surface area contributed by atoms with Gasteiger partial charge in [-0.1, -0.05) is 0 Å². The molecule has 0 saturated heterocycles. The molecule has 0 radical (unpaired) electrons. The first kappa shape index (κ1) is 11.8. The Morgan fingerprint density at radius 1 is 1.41 bits per heavy atom. The minimum atomic E-state index is 0.00153. The Bertz CT molecular complexity index is 578. The molecule has 0 amide bonds. The maximum atomic E-state index is 11.9. The van der Waals surface area contributed by atoms with Crippen molar-refractivity contribution in [3.8, 4) is 0 Å². The van der Waals surface area contributed by atoms with Gasteiger partial charge in [0.05, 0.1) is 11.8 Å². The third-order valence-corrected chi connectivity index (χ3v) is 3.63. The van der Waals surface area contributed by atoms with E-state index in [1.54, 1.807) is 28.3 Å². The van der Waals surface area contributed by atoms with Crippen LogP contribution in [0.15, 0.2) is 24.4 Å². The number of aromatic nitrogens is 2. The van der Waals surface area contributed by atoms with E-state index >= 15 is 0 Å². The Labute approximate surface area is 104 Å². The van der Waals surface area contributed by atoms with Gasteiger partial charge in [0.2, 0.25) is 0 Å². The minimum Gasteiger partial charge on any atom is -0.289 e. The normalized spacial score (nSPS) is 11.2. The number of ketones is 1. The third kappa shape index (κ3) is 2.53. The van der Waals surface area contributed by atoms with Crippen molar-refractivity contribution in [2.24, 2.45) is 7.05 Å². The Kier molecular flexibility index (Phi) is 3.24. The summed E-state index contributed by atoms with van der Waals surface area (Å²) in [6.07, 6.45) is 5.07. The monoisotopic (exact) mass is 246 g/mol. The summed E-state index contributed by atoms with van der Waals surface area (Å²) in [6.45, 7) is 3.94. The molecule has 0 unspecified atom stereocenters. The molecule has 2 aromatic rings. The van der Waals surface area contributed by atoms with Gasteiger partial charge in [0.15, 0.2) is 5.78 Å². The predicted octanol–water partition coefficient (Wildman–Crippen LogP) is 2.99. The van der Waals surface area contributed by atoms with Crippen molar-refractivity contribution < 1.29 is 4.79 Å². The lowest BCUT2D eigenvalue weighted by atomic mass is 10.1. The molecule has 0 aliphatic rings. The number of hydrogen-bond donors (Lipinski definition) is 0. The second-order valence-corrected chi connectivity index (χ2v) is 5.23. The number of carbonyl (C=O) groups excluding carboxylic acids is 1. The predicted molar refractivity (Wildman–Crippen MR) is 70.4 cm³/mol. The first-order valence-corrected chi connectivity index (χ1v) is 6.17. The topological polar surface area (TPSA) is 34.9 Å². The van der Waals surface area contributed by atoms with Crippen LogP contribution >= 0.6 is 11.3 Å². The molecule has 4 heteroatoms. The van der Waals surface area contributed by atoms with Gasteiger partial charge in [-0.2, -0.15) is 5.10 Å². The molecular formula is C13H14N2OS. The van der Waals surface area contributed by atoms with Gasteiger partial charge in [0.25, 0.3) is 0 Å². The summed E-state index contributed by atoms with van der Waals surface area (Å²) >= 11 is 1.67. The molecule has 0 atom stereocenters. The van der Waals surface area contributed by atoms with E-state index in [0.29, 0.717) is 5.56 Å². The minimum absolute atomic E-state index is 0.00153. The standard InChI is InChI=1S/C13H14N2OS/c1-9-4-5-11(17-9)6-7-13(16)12-8-14-15(3)10(12)2/h4-8H,1-3H3/b7-6+. The summed E-state index contributed by atoms with van der Waals surface area (Å²) < 4.78 is 1.70. The molecule has 0 aliphatic carbocycles. The highest BCUT2D eigenvalue weighted by Crippen LogP contribution is 2.17. The van der Waals surface area contributed by atoms with E-state index in [0.717, 1.165) is 10.6 Å². The van der Waals surface area contributed by atoms with Crippen LogP contribution in [0.25, 0.3) is 6.08 Å². The average Bonchev–Trinajstić information content (AvgIpc) is 2.84. The molecule has 2 heterocycles. The van der Waals surface area contributed by atoms with Crippen LogP contribution in [0.2, 0.25) is 0 Å². The highest BCUT2D eigenvalue weighted by atomic mass is 32.1. The molecule has 0 fully saturated rings. The summed E-state index contributed by atoms with van der Waals surface area (Å²) in [6, 6.07) is 4.06. The van der Waals surface area contributed by atoms with Gasteiger partial charge < -0.3 is 0 Å². The fourth-order valence-electron chi connectivity index (χ4n) is 1.53. The number of allylic oxidation sites excluding steroid dienone is 1. The SMILES string of the molecule is Cc1ccc(/C=C/C(=O)c2cnn(C)c2C)s1. The molecule has 0 aliphatic heterocycles. The lowest BCUT2D eigenvalue weighted by Crippen LogP contribution is -1.98. The quantitative estimate of drug-likeness (QED) is 0.616. The van der Waals surface area contributed by atoms with Crippen LogP contribution < -0.4 is 0 Å². The summed E-state index contributed by atoms with van der Waals surface area (Å²) in [4.78, 5) is 14.3. The molecule has 2 aromatic heterocycles. The Balaban J connectivity index is 2.17. The molecule has 3 nitrogen and oxygen atoms in total. The molecule has 0 aromatic carbocycles. The molecule has 88 valence electrons. The van der Waals surface area contributed by atoms with Crippen LogP contribution in [0.4, 0.5) is 0 Å².